The van der Waals surface area contributed by atoms with Gasteiger partial charge in [-0.3, -0.25) is 4.90 Å². The highest BCUT2D eigenvalue weighted by atomic mass is 19.4. The second-order valence-electron chi connectivity index (χ2n) is 6.08. The van der Waals surface area contributed by atoms with Gasteiger partial charge in [0, 0.05) is 26.2 Å². The van der Waals surface area contributed by atoms with E-state index in [4.69, 9.17) is 4.74 Å². The quantitative estimate of drug-likeness (QED) is 0.888. The van der Waals surface area contributed by atoms with Crippen LogP contribution in [-0.4, -0.2) is 37.3 Å². The first-order valence-electron chi connectivity index (χ1n) is 8.32. The minimum atomic E-state index is -4.32. The van der Waals surface area contributed by atoms with Crippen molar-refractivity contribution in [2.45, 2.75) is 18.8 Å². The number of ether oxygens (including phenoxy) is 1. The summed E-state index contributed by atoms with van der Waals surface area (Å²) in [7, 11) is 0. The zero-order valence-corrected chi connectivity index (χ0v) is 13.8. The van der Waals surface area contributed by atoms with E-state index < -0.39 is 12.2 Å². The highest BCUT2D eigenvalue weighted by Crippen LogP contribution is 2.38. The minimum absolute atomic E-state index is 0.222. The van der Waals surface area contributed by atoms with E-state index in [0.717, 1.165) is 5.56 Å². The summed E-state index contributed by atoms with van der Waals surface area (Å²) in [5, 5.41) is 3.09. The summed E-state index contributed by atoms with van der Waals surface area (Å²) >= 11 is 0. The van der Waals surface area contributed by atoms with Crippen LogP contribution in [0.3, 0.4) is 0 Å². The minimum Gasteiger partial charge on any atom is -0.489 e. The van der Waals surface area contributed by atoms with Gasteiger partial charge in [-0.25, -0.2) is 0 Å². The molecule has 0 aliphatic carbocycles. The first-order chi connectivity index (χ1) is 12.0. The maximum atomic E-state index is 13.7. The zero-order valence-electron chi connectivity index (χ0n) is 13.8. The molecule has 2 aromatic rings. The molecule has 1 N–H and O–H groups in total. The first-order valence-corrected chi connectivity index (χ1v) is 8.32. The molecule has 3 nitrogen and oxygen atoms in total. The van der Waals surface area contributed by atoms with Crippen molar-refractivity contribution in [2.75, 3.05) is 26.2 Å². The fourth-order valence-corrected chi connectivity index (χ4v) is 3.06. The summed E-state index contributed by atoms with van der Waals surface area (Å²) in [4.78, 5) is 1.48. The summed E-state index contributed by atoms with van der Waals surface area (Å²) in [5.41, 5.74) is 1.20. The van der Waals surface area contributed by atoms with Gasteiger partial charge in [-0.05, 0) is 23.3 Å². The van der Waals surface area contributed by atoms with Crippen molar-refractivity contribution in [1.82, 2.24) is 10.2 Å². The van der Waals surface area contributed by atoms with Crippen molar-refractivity contribution in [3.8, 4) is 5.75 Å². The Morgan fingerprint density at radius 3 is 2.40 bits per heavy atom. The Morgan fingerprint density at radius 2 is 1.72 bits per heavy atom. The molecule has 2 aromatic carbocycles. The number of piperazine rings is 1. The van der Waals surface area contributed by atoms with Gasteiger partial charge in [0.15, 0.2) is 0 Å². The highest BCUT2D eigenvalue weighted by Gasteiger charge is 2.44. The Hall–Kier alpha value is -2.05. The lowest BCUT2D eigenvalue weighted by Gasteiger charge is -2.36. The molecule has 25 heavy (non-hydrogen) atoms. The van der Waals surface area contributed by atoms with Crippen LogP contribution in [0.1, 0.15) is 17.2 Å². The molecule has 1 aliphatic rings. The Kier molecular flexibility index (Phi) is 5.60. The number of rotatable bonds is 5. The van der Waals surface area contributed by atoms with Crippen LogP contribution in [0.2, 0.25) is 0 Å². The van der Waals surface area contributed by atoms with Crippen LogP contribution in [0.25, 0.3) is 0 Å². The van der Waals surface area contributed by atoms with E-state index in [0.29, 0.717) is 38.5 Å². The normalized spacial score (nSPS) is 17.2. The van der Waals surface area contributed by atoms with Crippen molar-refractivity contribution >= 4 is 0 Å². The Morgan fingerprint density at radius 1 is 1.00 bits per heavy atom. The summed E-state index contributed by atoms with van der Waals surface area (Å²) in [6.45, 7) is 2.21. The topological polar surface area (TPSA) is 24.5 Å². The van der Waals surface area contributed by atoms with Gasteiger partial charge in [0.05, 0.1) is 0 Å². The summed E-state index contributed by atoms with van der Waals surface area (Å²) in [6, 6.07) is 14.3. The van der Waals surface area contributed by atoms with E-state index in [1.54, 1.807) is 12.1 Å². The molecule has 0 radical (unpaired) electrons. The number of alkyl halides is 3. The molecule has 0 bridgehead atoms. The molecule has 0 spiro atoms. The Labute approximate surface area is 145 Å². The second-order valence-corrected chi connectivity index (χ2v) is 6.08. The molecule has 0 amide bonds. The predicted molar refractivity (Wildman–Crippen MR) is 90.5 cm³/mol. The van der Waals surface area contributed by atoms with Crippen LogP contribution in [0.15, 0.2) is 54.6 Å². The molecular weight excluding hydrogens is 329 g/mol. The second kappa shape index (κ2) is 7.89. The van der Waals surface area contributed by atoms with Crippen LogP contribution in [-0.2, 0) is 6.61 Å². The maximum Gasteiger partial charge on any atom is 0.408 e. The summed E-state index contributed by atoms with van der Waals surface area (Å²) in [5.74, 6) is 0.450. The van der Waals surface area contributed by atoms with Crippen molar-refractivity contribution in [1.29, 1.82) is 0 Å². The molecule has 0 saturated carbocycles. The number of nitrogens with zero attached hydrogens (tertiary/aromatic N) is 1. The van der Waals surface area contributed by atoms with Gasteiger partial charge >= 0.3 is 6.18 Å². The molecule has 0 unspecified atom stereocenters. The largest absolute Gasteiger partial charge is 0.489 e. The number of hydrogen-bond acceptors (Lipinski definition) is 3. The molecular formula is C19H21F3N2O. The lowest BCUT2D eigenvalue weighted by molar-refractivity contribution is -0.187. The fraction of sp³-hybridized carbons (Fsp3) is 0.368. The van der Waals surface area contributed by atoms with Crippen molar-refractivity contribution in [2.24, 2.45) is 0 Å². The first kappa shape index (κ1) is 17.8. The molecule has 6 heteroatoms. The number of halogens is 3. The fourth-order valence-electron chi connectivity index (χ4n) is 3.06. The SMILES string of the molecule is FC(F)(F)[C@@H](c1cccc(OCc2ccccc2)c1)N1CCNCC1. The molecule has 3 rings (SSSR count). The van der Waals surface area contributed by atoms with E-state index >= 15 is 0 Å². The third kappa shape index (κ3) is 4.74. The van der Waals surface area contributed by atoms with E-state index in [9.17, 15) is 13.2 Å². The highest BCUT2D eigenvalue weighted by molar-refractivity contribution is 5.32. The van der Waals surface area contributed by atoms with E-state index in [1.165, 1.54) is 17.0 Å². The van der Waals surface area contributed by atoms with Crippen LogP contribution in [0, 0.1) is 0 Å². The van der Waals surface area contributed by atoms with Crippen molar-refractivity contribution < 1.29 is 17.9 Å². The van der Waals surface area contributed by atoms with Crippen LogP contribution >= 0.6 is 0 Å². The number of hydrogen-bond donors (Lipinski definition) is 1. The lowest BCUT2D eigenvalue weighted by atomic mass is 10.0. The van der Waals surface area contributed by atoms with Crippen molar-refractivity contribution in [3.05, 3.63) is 65.7 Å². The molecule has 1 saturated heterocycles. The zero-order chi connectivity index (χ0) is 17.7. The lowest BCUT2D eigenvalue weighted by Crippen LogP contribution is -2.49. The third-order valence-electron chi connectivity index (χ3n) is 4.25. The Bertz CT molecular complexity index is 670. The van der Waals surface area contributed by atoms with Gasteiger partial charge < -0.3 is 10.1 Å². The third-order valence-corrected chi connectivity index (χ3v) is 4.25. The van der Waals surface area contributed by atoms with Gasteiger partial charge in [-0.1, -0.05) is 42.5 Å². The summed E-state index contributed by atoms with van der Waals surface area (Å²) in [6.07, 6.45) is -4.32. The molecule has 1 aliphatic heterocycles. The molecule has 0 aromatic heterocycles. The monoisotopic (exact) mass is 350 g/mol. The van der Waals surface area contributed by atoms with Gasteiger partial charge in [-0.15, -0.1) is 0 Å². The standard InChI is InChI=1S/C19H21F3N2O/c20-19(21,22)18(24-11-9-23-10-12-24)16-7-4-8-17(13-16)25-14-15-5-2-1-3-6-15/h1-8,13,18,23H,9-12,14H2/t18-/m1/s1. The van der Waals surface area contributed by atoms with E-state index in [2.05, 4.69) is 5.32 Å². The van der Waals surface area contributed by atoms with Gasteiger partial charge in [-0.2, -0.15) is 13.2 Å². The maximum absolute atomic E-state index is 13.7. The van der Waals surface area contributed by atoms with Crippen LogP contribution in [0.4, 0.5) is 13.2 Å². The smallest absolute Gasteiger partial charge is 0.408 e. The average molecular weight is 350 g/mol. The van der Waals surface area contributed by atoms with Crippen molar-refractivity contribution in [3.63, 3.8) is 0 Å². The molecule has 1 heterocycles. The summed E-state index contributed by atoms with van der Waals surface area (Å²) < 4.78 is 46.7. The van der Waals surface area contributed by atoms with Crippen LogP contribution in [0.5, 0.6) is 5.75 Å². The Balaban J connectivity index is 1.77. The molecule has 1 fully saturated rings. The average Bonchev–Trinajstić information content (AvgIpc) is 2.61. The van der Waals surface area contributed by atoms with Gasteiger partial charge in [0.25, 0.3) is 0 Å². The number of benzene rings is 2. The van der Waals surface area contributed by atoms with Crippen LogP contribution < -0.4 is 10.1 Å². The molecule has 134 valence electrons. The van der Waals surface area contributed by atoms with Gasteiger partial charge in [0.2, 0.25) is 0 Å². The number of nitrogens with one attached hydrogen (secondary N) is 1. The van der Waals surface area contributed by atoms with E-state index in [1.807, 2.05) is 30.3 Å². The van der Waals surface area contributed by atoms with Gasteiger partial charge in [0.1, 0.15) is 18.4 Å². The molecule has 1 atom stereocenters. The van der Waals surface area contributed by atoms with E-state index in [-0.39, 0.29) is 5.56 Å². The predicted octanol–water partition coefficient (Wildman–Crippen LogP) is 3.77.